The molecule has 1 aromatic carbocycles. The smallest absolute Gasteiger partial charge is 0.269 e. The van der Waals surface area contributed by atoms with Crippen LogP contribution in [-0.2, 0) is 10.0 Å². The highest BCUT2D eigenvalue weighted by Crippen LogP contribution is 2.40. The van der Waals surface area contributed by atoms with E-state index in [9.17, 15) is 13.2 Å². The average molecular weight is 252 g/mol. The van der Waals surface area contributed by atoms with Crippen molar-refractivity contribution in [2.45, 2.75) is 23.8 Å². The molecule has 3 rings (SSSR count). The van der Waals surface area contributed by atoms with Gasteiger partial charge in [0.25, 0.3) is 15.9 Å². The Balaban J connectivity index is 2.19. The molecule has 1 heterocycles. The molecule has 0 radical (unpaired) electrons. The van der Waals surface area contributed by atoms with Gasteiger partial charge in [-0.2, -0.15) is 0 Å². The van der Waals surface area contributed by atoms with Gasteiger partial charge in [-0.1, -0.05) is 0 Å². The van der Waals surface area contributed by atoms with E-state index in [2.05, 4.69) is 5.32 Å². The van der Waals surface area contributed by atoms with Crippen LogP contribution < -0.4 is 5.32 Å². The van der Waals surface area contributed by atoms with E-state index >= 15 is 0 Å². The summed E-state index contributed by atoms with van der Waals surface area (Å²) < 4.78 is 25.5. The van der Waals surface area contributed by atoms with Gasteiger partial charge in [0.05, 0.1) is 5.56 Å². The fourth-order valence-electron chi connectivity index (χ4n) is 2.07. The van der Waals surface area contributed by atoms with Crippen LogP contribution in [0.25, 0.3) is 0 Å². The molecule has 1 amide bonds. The minimum atomic E-state index is -3.62. The summed E-state index contributed by atoms with van der Waals surface area (Å²) in [5.74, 6) is -0.384. The van der Waals surface area contributed by atoms with E-state index in [1.807, 2.05) is 0 Å². The zero-order valence-electron chi connectivity index (χ0n) is 9.30. The van der Waals surface area contributed by atoms with Crippen molar-refractivity contribution >= 4 is 21.6 Å². The highest BCUT2D eigenvalue weighted by atomic mass is 32.2. The third kappa shape index (κ3) is 1.37. The van der Waals surface area contributed by atoms with E-state index in [0.29, 0.717) is 5.69 Å². The summed E-state index contributed by atoms with van der Waals surface area (Å²) in [6, 6.07) is 4.68. The number of hydrogen-bond donors (Lipinski definition) is 1. The predicted octanol–water partition coefficient (Wildman–Crippen LogP) is 1.04. The Kier molecular flexibility index (Phi) is 2.01. The average Bonchev–Trinajstić information content (AvgIpc) is 3.09. The van der Waals surface area contributed by atoms with Crippen molar-refractivity contribution in [3.63, 3.8) is 0 Å². The minimum Gasteiger partial charge on any atom is -0.388 e. The van der Waals surface area contributed by atoms with Gasteiger partial charge in [0, 0.05) is 18.8 Å². The summed E-state index contributed by atoms with van der Waals surface area (Å²) in [6.45, 7) is 0. The van der Waals surface area contributed by atoms with E-state index in [1.54, 1.807) is 19.2 Å². The molecule has 0 bridgehead atoms. The highest BCUT2D eigenvalue weighted by Gasteiger charge is 2.48. The van der Waals surface area contributed by atoms with Crippen LogP contribution in [0.4, 0.5) is 5.69 Å². The van der Waals surface area contributed by atoms with Crippen LogP contribution in [0.15, 0.2) is 23.1 Å². The SMILES string of the molecule is CNc1ccc2c(c1)S(=O)(=O)N(C1CC1)C2=O. The van der Waals surface area contributed by atoms with Crippen LogP contribution >= 0.6 is 0 Å². The van der Waals surface area contributed by atoms with Crippen molar-refractivity contribution in [1.82, 2.24) is 4.31 Å². The summed E-state index contributed by atoms with van der Waals surface area (Å²) >= 11 is 0. The van der Waals surface area contributed by atoms with Crippen molar-refractivity contribution in [2.24, 2.45) is 0 Å². The first-order chi connectivity index (χ1) is 8.05. The van der Waals surface area contributed by atoms with Gasteiger partial charge in [0.15, 0.2) is 0 Å². The first-order valence-electron chi connectivity index (χ1n) is 5.46. The Morgan fingerprint density at radius 2 is 2.06 bits per heavy atom. The highest BCUT2D eigenvalue weighted by molar-refractivity contribution is 7.90. The number of benzene rings is 1. The molecule has 0 aromatic heterocycles. The van der Waals surface area contributed by atoms with Gasteiger partial charge in [-0.05, 0) is 31.0 Å². The van der Waals surface area contributed by atoms with Crippen molar-refractivity contribution in [2.75, 3.05) is 12.4 Å². The van der Waals surface area contributed by atoms with E-state index < -0.39 is 10.0 Å². The molecule has 1 saturated carbocycles. The number of sulfonamides is 1. The number of amides is 1. The summed E-state index contributed by atoms with van der Waals surface area (Å²) in [5, 5.41) is 2.87. The summed E-state index contributed by atoms with van der Waals surface area (Å²) in [6.07, 6.45) is 1.55. The topological polar surface area (TPSA) is 66.5 Å². The Hall–Kier alpha value is -1.56. The van der Waals surface area contributed by atoms with Gasteiger partial charge in [0.1, 0.15) is 4.90 Å². The van der Waals surface area contributed by atoms with Crippen LogP contribution in [0.2, 0.25) is 0 Å². The number of hydrogen-bond acceptors (Lipinski definition) is 4. The summed E-state index contributed by atoms with van der Waals surface area (Å²) in [5.41, 5.74) is 0.980. The summed E-state index contributed by atoms with van der Waals surface area (Å²) in [7, 11) is -1.91. The second-order valence-electron chi connectivity index (χ2n) is 4.30. The lowest BCUT2D eigenvalue weighted by Gasteiger charge is -2.13. The van der Waals surface area contributed by atoms with E-state index in [0.717, 1.165) is 17.1 Å². The minimum absolute atomic E-state index is 0.126. The molecule has 2 aliphatic rings. The van der Waals surface area contributed by atoms with E-state index in [1.165, 1.54) is 6.07 Å². The number of nitrogens with one attached hydrogen (secondary N) is 1. The molecule has 0 unspecified atom stereocenters. The second-order valence-corrected chi connectivity index (χ2v) is 6.08. The predicted molar refractivity (Wildman–Crippen MR) is 62.4 cm³/mol. The fraction of sp³-hybridized carbons (Fsp3) is 0.364. The molecule has 5 nitrogen and oxygen atoms in total. The number of rotatable bonds is 2. The maximum atomic E-state index is 12.2. The molecular weight excluding hydrogens is 240 g/mol. The van der Waals surface area contributed by atoms with Crippen LogP contribution in [0.3, 0.4) is 0 Å². The number of fused-ring (bicyclic) bond motifs is 1. The lowest BCUT2D eigenvalue weighted by molar-refractivity contribution is 0.0865. The largest absolute Gasteiger partial charge is 0.388 e. The molecule has 0 saturated heterocycles. The normalized spacial score (nSPS) is 21.5. The van der Waals surface area contributed by atoms with Crippen molar-refractivity contribution in [3.05, 3.63) is 23.8 Å². The Labute approximate surface area is 99.5 Å². The molecular formula is C11H12N2O3S. The molecule has 0 atom stereocenters. The number of carbonyl (C=O) groups excluding carboxylic acids is 1. The van der Waals surface area contributed by atoms with Crippen LogP contribution in [-0.4, -0.2) is 31.7 Å². The zero-order chi connectivity index (χ0) is 12.2. The first kappa shape index (κ1) is 10.6. The Morgan fingerprint density at radius 1 is 1.35 bits per heavy atom. The lowest BCUT2D eigenvalue weighted by Crippen LogP contribution is -2.31. The van der Waals surface area contributed by atoms with Gasteiger partial charge in [-0.15, -0.1) is 0 Å². The zero-order valence-corrected chi connectivity index (χ0v) is 10.1. The number of anilines is 1. The Bertz CT molecular complexity index is 605. The van der Waals surface area contributed by atoms with Crippen molar-refractivity contribution in [1.29, 1.82) is 0 Å². The van der Waals surface area contributed by atoms with Gasteiger partial charge in [0.2, 0.25) is 0 Å². The molecule has 1 aliphatic heterocycles. The van der Waals surface area contributed by atoms with Gasteiger partial charge in [-0.3, -0.25) is 4.79 Å². The third-order valence-corrected chi connectivity index (χ3v) is 4.99. The van der Waals surface area contributed by atoms with E-state index in [-0.39, 0.29) is 22.4 Å². The quantitative estimate of drug-likeness (QED) is 0.854. The maximum Gasteiger partial charge on any atom is 0.269 e. The lowest BCUT2D eigenvalue weighted by atomic mass is 10.2. The molecule has 0 spiro atoms. The monoisotopic (exact) mass is 252 g/mol. The van der Waals surface area contributed by atoms with Crippen LogP contribution in [0.1, 0.15) is 23.2 Å². The van der Waals surface area contributed by atoms with Crippen molar-refractivity contribution in [3.8, 4) is 0 Å². The molecule has 1 fully saturated rings. The van der Waals surface area contributed by atoms with Gasteiger partial charge < -0.3 is 5.32 Å². The van der Waals surface area contributed by atoms with Crippen LogP contribution in [0, 0.1) is 0 Å². The fourth-order valence-corrected chi connectivity index (χ4v) is 3.91. The standard InChI is InChI=1S/C11H12N2O3S/c1-12-7-2-5-9-10(6-7)17(15,16)13(11(9)14)8-3-4-8/h2,5-6,8,12H,3-4H2,1H3. The second kappa shape index (κ2) is 3.22. The molecule has 1 N–H and O–H groups in total. The molecule has 17 heavy (non-hydrogen) atoms. The molecule has 1 aromatic rings. The third-order valence-electron chi connectivity index (χ3n) is 3.12. The maximum absolute atomic E-state index is 12.2. The number of carbonyl (C=O) groups is 1. The molecule has 6 heteroatoms. The van der Waals surface area contributed by atoms with Gasteiger partial charge in [-0.25, -0.2) is 12.7 Å². The number of nitrogens with zero attached hydrogens (tertiary/aromatic N) is 1. The van der Waals surface area contributed by atoms with Crippen LogP contribution in [0.5, 0.6) is 0 Å². The first-order valence-corrected chi connectivity index (χ1v) is 6.90. The van der Waals surface area contributed by atoms with Gasteiger partial charge >= 0.3 is 0 Å². The molecule has 90 valence electrons. The summed E-state index contributed by atoms with van der Waals surface area (Å²) in [4.78, 5) is 12.1. The van der Waals surface area contributed by atoms with Crippen molar-refractivity contribution < 1.29 is 13.2 Å². The molecule has 1 aliphatic carbocycles. The van der Waals surface area contributed by atoms with E-state index in [4.69, 9.17) is 0 Å². The Morgan fingerprint density at radius 3 is 2.65 bits per heavy atom.